The van der Waals surface area contributed by atoms with Crippen LogP contribution >= 0.6 is 11.6 Å². The molecule has 1 aliphatic rings. The van der Waals surface area contributed by atoms with Crippen molar-refractivity contribution in [2.24, 2.45) is 0 Å². The van der Waals surface area contributed by atoms with E-state index in [1.165, 1.54) is 14.0 Å². The molecule has 0 aromatic heterocycles. The fourth-order valence-electron chi connectivity index (χ4n) is 3.03. The summed E-state index contributed by atoms with van der Waals surface area (Å²) in [7, 11) is 1.26. The van der Waals surface area contributed by atoms with E-state index in [1.807, 2.05) is 0 Å². The fraction of sp³-hybridized carbons (Fsp3) is 0.350. The van der Waals surface area contributed by atoms with Gasteiger partial charge in [0.2, 0.25) is 0 Å². The molecule has 1 aromatic rings. The molecule has 0 bridgehead atoms. The molecule has 150 valence electrons. The first-order valence-electron chi connectivity index (χ1n) is 8.65. The number of nitrogens with one attached hydrogen (secondary N) is 1. The lowest BCUT2D eigenvalue weighted by Crippen LogP contribution is -2.35. The Balaban J connectivity index is 2.73. The maximum absolute atomic E-state index is 12.8. The van der Waals surface area contributed by atoms with Crippen molar-refractivity contribution in [2.45, 2.75) is 26.7 Å². The summed E-state index contributed by atoms with van der Waals surface area (Å²) in [6.45, 7) is 4.56. The van der Waals surface area contributed by atoms with Crippen molar-refractivity contribution in [3.63, 3.8) is 0 Å². The minimum absolute atomic E-state index is 0.134. The van der Waals surface area contributed by atoms with E-state index in [9.17, 15) is 14.4 Å². The largest absolute Gasteiger partial charge is 0.466 e. The zero-order chi connectivity index (χ0) is 20.8. The number of rotatable bonds is 6. The molecule has 1 aromatic carbocycles. The highest BCUT2D eigenvalue weighted by atomic mass is 35.5. The summed E-state index contributed by atoms with van der Waals surface area (Å²) in [5, 5.41) is 3.36. The number of carbonyl (C=O) groups excluding carboxylic acids is 3. The van der Waals surface area contributed by atoms with Crippen LogP contribution in [0.1, 0.15) is 32.3 Å². The molecule has 0 unspecified atom stereocenters. The van der Waals surface area contributed by atoms with Crippen LogP contribution in [0, 0.1) is 0 Å². The van der Waals surface area contributed by atoms with Crippen molar-refractivity contribution in [2.75, 3.05) is 20.3 Å². The summed E-state index contributed by atoms with van der Waals surface area (Å²) in [6.07, 6.45) is 0. The molecule has 28 heavy (non-hydrogen) atoms. The van der Waals surface area contributed by atoms with E-state index in [-0.39, 0.29) is 24.4 Å². The van der Waals surface area contributed by atoms with Crippen molar-refractivity contribution in [3.8, 4) is 0 Å². The van der Waals surface area contributed by atoms with Gasteiger partial charge in [-0.1, -0.05) is 29.8 Å². The van der Waals surface area contributed by atoms with Gasteiger partial charge in [0, 0.05) is 17.6 Å². The molecule has 8 heteroatoms. The van der Waals surface area contributed by atoms with Gasteiger partial charge in [-0.2, -0.15) is 0 Å². The molecule has 0 aliphatic carbocycles. The van der Waals surface area contributed by atoms with Crippen molar-refractivity contribution in [1.29, 1.82) is 0 Å². The molecular weight excluding hydrogens is 386 g/mol. The predicted octanol–water partition coefficient (Wildman–Crippen LogP) is 2.85. The molecule has 0 amide bonds. The van der Waals surface area contributed by atoms with Crippen molar-refractivity contribution in [1.82, 2.24) is 5.32 Å². The summed E-state index contributed by atoms with van der Waals surface area (Å²) in [5.41, 5.74) is 1.69. The first-order valence-corrected chi connectivity index (χ1v) is 9.03. The Kier molecular flexibility index (Phi) is 7.23. The summed E-state index contributed by atoms with van der Waals surface area (Å²) in [6, 6.07) is 6.88. The van der Waals surface area contributed by atoms with Crippen LogP contribution < -0.4 is 5.32 Å². The summed E-state index contributed by atoms with van der Waals surface area (Å²) >= 11 is 6.39. The number of esters is 3. The monoisotopic (exact) mass is 407 g/mol. The summed E-state index contributed by atoms with van der Waals surface area (Å²) in [5.74, 6) is -2.60. The minimum Gasteiger partial charge on any atom is -0.466 e. The quantitative estimate of drug-likeness (QED) is 0.572. The van der Waals surface area contributed by atoms with Crippen LogP contribution in [0.15, 0.2) is 46.8 Å². The van der Waals surface area contributed by atoms with Gasteiger partial charge in [0.1, 0.15) is 6.61 Å². The van der Waals surface area contributed by atoms with Gasteiger partial charge in [-0.3, -0.25) is 4.79 Å². The fourth-order valence-corrected chi connectivity index (χ4v) is 3.28. The second kappa shape index (κ2) is 9.41. The van der Waals surface area contributed by atoms with Gasteiger partial charge in [-0.05, 0) is 25.5 Å². The highest BCUT2D eigenvalue weighted by Gasteiger charge is 2.39. The lowest BCUT2D eigenvalue weighted by molar-refractivity contribution is -0.142. The third kappa shape index (κ3) is 4.54. The molecule has 0 fully saturated rings. The minimum atomic E-state index is -0.841. The Morgan fingerprint density at radius 2 is 1.79 bits per heavy atom. The van der Waals surface area contributed by atoms with E-state index in [1.54, 1.807) is 38.1 Å². The average Bonchev–Trinajstić information content (AvgIpc) is 2.65. The third-order valence-electron chi connectivity index (χ3n) is 4.18. The lowest BCUT2D eigenvalue weighted by atomic mass is 9.80. The topological polar surface area (TPSA) is 90.9 Å². The number of dihydropyridines is 1. The van der Waals surface area contributed by atoms with E-state index < -0.39 is 23.8 Å². The van der Waals surface area contributed by atoms with Crippen LogP contribution in [0.25, 0.3) is 0 Å². The smallest absolute Gasteiger partial charge is 0.336 e. The number of methoxy groups -OCH3 is 1. The zero-order valence-electron chi connectivity index (χ0n) is 16.1. The van der Waals surface area contributed by atoms with Gasteiger partial charge in [0.15, 0.2) is 0 Å². The van der Waals surface area contributed by atoms with Crippen LogP contribution in [-0.2, 0) is 28.6 Å². The predicted molar refractivity (Wildman–Crippen MR) is 102 cm³/mol. The first kappa shape index (κ1) is 21.5. The normalized spacial score (nSPS) is 16.4. The number of hydrogen-bond donors (Lipinski definition) is 1. The second-order valence-corrected chi connectivity index (χ2v) is 6.41. The number of hydrogen-bond acceptors (Lipinski definition) is 7. The van der Waals surface area contributed by atoms with Gasteiger partial charge < -0.3 is 19.5 Å². The lowest BCUT2D eigenvalue weighted by Gasteiger charge is -2.31. The molecule has 0 saturated heterocycles. The maximum atomic E-state index is 12.8. The van der Waals surface area contributed by atoms with Crippen molar-refractivity contribution in [3.05, 3.63) is 57.4 Å². The Morgan fingerprint density at radius 1 is 1.11 bits per heavy atom. The molecule has 1 aliphatic heterocycles. The van der Waals surface area contributed by atoms with Gasteiger partial charge >= 0.3 is 17.9 Å². The van der Waals surface area contributed by atoms with E-state index in [4.69, 9.17) is 25.8 Å². The Labute approximate surface area is 168 Å². The van der Waals surface area contributed by atoms with Crippen molar-refractivity contribution < 1.29 is 28.6 Å². The maximum Gasteiger partial charge on any atom is 0.336 e. The standard InChI is InChI=1S/C20H22ClNO6/c1-5-27-20(25)18-15(10-28-12(3)23)22-11(2)16(19(24)26-4)17(18)13-8-6-7-9-14(13)21/h6-9,17,22H,5,10H2,1-4H3/t17-/m0/s1. The number of benzene rings is 1. The average molecular weight is 408 g/mol. The molecule has 0 radical (unpaired) electrons. The SMILES string of the molecule is CCOC(=O)C1=C(COC(C)=O)NC(C)=C(C(=O)OC)[C@@H]1c1ccccc1Cl. The van der Waals surface area contributed by atoms with E-state index >= 15 is 0 Å². The molecule has 2 rings (SSSR count). The number of halogens is 1. The Bertz CT molecular complexity index is 858. The van der Waals surface area contributed by atoms with E-state index in [2.05, 4.69) is 5.32 Å². The molecular formula is C20H22ClNO6. The van der Waals surface area contributed by atoms with Crippen LogP contribution in [0.2, 0.25) is 5.02 Å². The van der Waals surface area contributed by atoms with Crippen LogP contribution in [-0.4, -0.2) is 38.2 Å². The van der Waals surface area contributed by atoms with Gasteiger partial charge in [0.05, 0.1) is 36.5 Å². The number of allylic oxidation sites excluding steroid dienone is 1. The van der Waals surface area contributed by atoms with Crippen LogP contribution in [0.3, 0.4) is 0 Å². The van der Waals surface area contributed by atoms with Gasteiger partial charge in [-0.25, -0.2) is 9.59 Å². The molecule has 0 saturated carbocycles. The molecule has 1 heterocycles. The summed E-state index contributed by atoms with van der Waals surface area (Å²) < 4.78 is 15.2. The first-order chi connectivity index (χ1) is 13.3. The van der Waals surface area contributed by atoms with Crippen molar-refractivity contribution >= 4 is 29.5 Å². The van der Waals surface area contributed by atoms with Gasteiger partial charge in [0.25, 0.3) is 0 Å². The second-order valence-electron chi connectivity index (χ2n) is 6.00. The van der Waals surface area contributed by atoms with E-state index in [0.29, 0.717) is 22.0 Å². The highest BCUT2D eigenvalue weighted by molar-refractivity contribution is 6.31. The number of ether oxygens (including phenoxy) is 3. The van der Waals surface area contributed by atoms with Crippen LogP contribution in [0.4, 0.5) is 0 Å². The van der Waals surface area contributed by atoms with Gasteiger partial charge in [-0.15, -0.1) is 0 Å². The molecule has 1 N–H and O–H groups in total. The number of carbonyl (C=O) groups is 3. The van der Waals surface area contributed by atoms with E-state index in [0.717, 1.165) is 0 Å². The van der Waals surface area contributed by atoms with Crippen LogP contribution in [0.5, 0.6) is 0 Å². The Hall–Kier alpha value is -2.80. The molecule has 0 spiro atoms. The molecule has 1 atom stereocenters. The third-order valence-corrected chi connectivity index (χ3v) is 4.53. The zero-order valence-corrected chi connectivity index (χ0v) is 16.9. The molecule has 7 nitrogen and oxygen atoms in total. The summed E-state index contributed by atoms with van der Waals surface area (Å²) in [4.78, 5) is 36.7. The Morgan fingerprint density at radius 3 is 2.36 bits per heavy atom. The highest BCUT2D eigenvalue weighted by Crippen LogP contribution is 2.41.